The monoisotopic (exact) mass is 469 g/mol. The summed E-state index contributed by atoms with van der Waals surface area (Å²) in [5, 5.41) is 13.8. The number of amides is 1. The molecule has 1 unspecified atom stereocenters. The Morgan fingerprint density at radius 1 is 1.16 bits per heavy atom. The first-order valence-corrected chi connectivity index (χ1v) is 10.9. The van der Waals surface area contributed by atoms with E-state index in [1.807, 2.05) is 44.2 Å². The fraction of sp³-hybridized carbons (Fsp3) is 0.217. The molecule has 32 heavy (non-hydrogen) atoms. The van der Waals surface area contributed by atoms with Gasteiger partial charge in [0.1, 0.15) is 11.4 Å². The average molecular weight is 470 g/mol. The lowest BCUT2D eigenvalue weighted by molar-refractivity contribution is 0.101. The van der Waals surface area contributed by atoms with Crippen LogP contribution in [0.15, 0.2) is 48.8 Å². The van der Waals surface area contributed by atoms with Crippen LogP contribution in [0.4, 0.5) is 22.7 Å². The first-order valence-electron chi connectivity index (χ1n) is 10.1. The Hall–Kier alpha value is -3.16. The third kappa shape index (κ3) is 3.78. The van der Waals surface area contributed by atoms with Gasteiger partial charge in [0, 0.05) is 30.1 Å². The predicted molar refractivity (Wildman–Crippen MR) is 128 cm³/mol. The van der Waals surface area contributed by atoms with E-state index in [-0.39, 0.29) is 12.2 Å². The summed E-state index contributed by atoms with van der Waals surface area (Å²) in [6.07, 6.45) is 3.33. The first-order chi connectivity index (χ1) is 15.3. The van der Waals surface area contributed by atoms with Crippen LogP contribution in [0, 0.1) is 0 Å². The van der Waals surface area contributed by atoms with Crippen molar-refractivity contribution in [1.82, 2.24) is 4.98 Å². The van der Waals surface area contributed by atoms with Crippen molar-refractivity contribution in [2.75, 3.05) is 21.3 Å². The number of carbonyl (C=O) groups is 1. The number of aromatic nitrogens is 1. The molecule has 3 aromatic rings. The summed E-state index contributed by atoms with van der Waals surface area (Å²) in [6, 6.07) is 11.1. The number of hydrogen-bond donors (Lipinski definition) is 4. The summed E-state index contributed by atoms with van der Waals surface area (Å²) < 4.78 is 6.20. The number of nitrogens with one attached hydrogen (secondary N) is 4. The van der Waals surface area contributed by atoms with Crippen molar-refractivity contribution in [2.45, 2.75) is 32.2 Å². The van der Waals surface area contributed by atoms with Crippen molar-refractivity contribution in [3.8, 4) is 5.75 Å². The molecular formula is C23H21Cl2N5O2. The number of hydrogen-bond acceptors (Lipinski definition) is 6. The Morgan fingerprint density at radius 2 is 1.88 bits per heavy atom. The molecule has 0 fully saturated rings. The molecule has 1 aromatic heterocycles. The van der Waals surface area contributed by atoms with E-state index in [0.717, 1.165) is 22.6 Å². The molecule has 2 aliphatic rings. The Bertz CT molecular complexity index is 1200. The minimum atomic E-state index is -0.426. The van der Waals surface area contributed by atoms with Gasteiger partial charge in [-0.25, -0.2) is 0 Å². The van der Waals surface area contributed by atoms with E-state index in [1.54, 1.807) is 6.07 Å². The van der Waals surface area contributed by atoms with E-state index >= 15 is 0 Å². The highest BCUT2D eigenvalue weighted by Gasteiger charge is 2.39. The molecule has 1 amide bonds. The number of benzene rings is 2. The molecule has 0 bridgehead atoms. The lowest BCUT2D eigenvalue weighted by atomic mass is 9.97. The van der Waals surface area contributed by atoms with E-state index in [9.17, 15) is 4.79 Å². The van der Waals surface area contributed by atoms with Crippen molar-refractivity contribution < 1.29 is 9.53 Å². The Labute approximate surface area is 195 Å². The fourth-order valence-corrected chi connectivity index (χ4v) is 4.49. The molecule has 164 valence electrons. The number of anilines is 4. The van der Waals surface area contributed by atoms with Crippen LogP contribution < -0.4 is 26.0 Å². The zero-order valence-electron chi connectivity index (χ0n) is 17.4. The SMILES string of the molecule is CC1(C)Cc2c3c(cc(C(=O)Nc4ccccc4)c2O1)NC(Nc1c(Cl)cncc1Cl)N3. The summed E-state index contributed by atoms with van der Waals surface area (Å²) in [4.78, 5) is 17.1. The molecule has 7 nitrogen and oxygen atoms in total. The highest BCUT2D eigenvalue weighted by atomic mass is 35.5. The number of nitrogens with zero attached hydrogens (tertiary/aromatic N) is 1. The quantitative estimate of drug-likeness (QED) is 0.398. The van der Waals surface area contributed by atoms with Crippen molar-refractivity contribution in [1.29, 1.82) is 0 Å². The van der Waals surface area contributed by atoms with Crippen molar-refractivity contribution >= 4 is 51.9 Å². The molecule has 4 N–H and O–H groups in total. The van der Waals surface area contributed by atoms with Gasteiger partial charge in [0.05, 0.1) is 32.7 Å². The zero-order chi connectivity index (χ0) is 22.5. The third-order valence-corrected chi connectivity index (χ3v) is 5.94. The minimum Gasteiger partial charge on any atom is -0.486 e. The van der Waals surface area contributed by atoms with Gasteiger partial charge in [-0.3, -0.25) is 9.78 Å². The number of halogens is 2. The molecule has 2 aromatic carbocycles. The van der Waals surface area contributed by atoms with Crippen LogP contribution in [-0.4, -0.2) is 22.8 Å². The molecule has 2 aliphatic heterocycles. The second-order valence-corrected chi connectivity index (χ2v) is 9.17. The van der Waals surface area contributed by atoms with Gasteiger partial charge in [-0.05, 0) is 32.0 Å². The zero-order valence-corrected chi connectivity index (χ0v) is 18.9. The van der Waals surface area contributed by atoms with Gasteiger partial charge in [-0.1, -0.05) is 41.4 Å². The van der Waals surface area contributed by atoms with Crippen LogP contribution >= 0.6 is 23.2 Å². The second kappa shape index (κ2) is 7.76. The number of fused-ring (bicyclic) bond motifs is 3. The predicted octanol–water partition coefficient (Wildman–Crippen LogP) is 5.59. The summed E-state index contributed by atoms with van der Waals surface area (Å²) in [6.45, 7) is 4.01. The smallest absolute Gasteiger partial charge is 0.259 e. The molecule has 5 rings (SSSR count). The Kier molecular flexibility index (Phi) is 5.03. The highest BCUT2D eigenvalue weighted by Crippen LogP contribution is 2.48. The van der Waals surface area contributed by atoms with Gasteiger partial charge in [0.2, 0.25) is 0 Å². The summed E-state index contributed by atoms with van der Waals surface area (Å²) in [5.74, 6) is 0.364. The maximum atomic E-state index is 13.1. The molecule has 0 saturated heterocycles. The fourth-order valence-electron chi connectivity index (χ4n) is 4.01. The lowest BCUT2D eigenvalue weighted by Crippen LogP contribution is -2.31. The molecular weight excluding hydrogens is 449 g/mol. The van der Waals surface area contributed by atoms with E-state index in [1.165, 1.54) is 12.4 Å². The van der Waals surface area contributed by atoms with Crippen molar-refractivity contribution in [3.05, 3.63) is 70.0 Å². The number of carbonyl (C=O) groups excluding carboxylic acids is 1. The minimum absolute atomic E-state index is 0.230. The normalized spacial score (nSPS) is 17.4. The molecule has 9 heteroatoms. The van der Waals surface area contributed by atoms with Gasteiger partial charge in [0.25, 0.3) is 5.91 Å². The van der Waals surface area contributed by atoms with Gasteiger partial charge < -0.3 is 26.0 Å². The van der Waals surface area contributed by atoms with Gasteiger partial charge in [-0.2, -0.15) is 0 Å². The molecule has 1 atom stereocenters. The van der Waals surface area contributed by atoms with Gasteiger partial charge >= 0.3 is 0 Å². The number of para-hydroxylation sites is 1. The molecule has 0 radical (unpaired) electrons. The number of ether oxygens (including phenoxy) is 1. The number of pyridine rings is 1. The molecule has 0 spiro atoms. The Balaban J connectivity index is 1.48. The van der Waals surface area contributed by atoms with Crippen LogP contribution in [0.25, 0.3) is 0 Å². The van der Waals surface area contributed by atoms with Crippen LogP contribution in [0.3, 0.4) is 0 Å². The van der Waals surface area contributed by atoms with E-state index in [2.05, 4.69) is 26.3 Å². The van der Waals surface area contributed by atoms with E-state index < -0.39 is 5.60 Å². The topological polar surface area (TPSA) is 87.3 Å². The molecule has 0 aliphatic carbocycles. The second-order valence-electron chi connectivity index (χ2n) is 8.36. The Morgan fingerprint density at radius 3 is 2.59 bits per heavy atom. The third-order valence-electron chi connectivity index (χ3n) is 5.37. The molecule has 3 heterocycles. The van der Waals surface area contributed by atoms with Gasteiger partial charge in [0.15, 0.2) is 6.29 Å². The average Bonchev–Trinajstić information content (AvgIpc) is 3.30. The maximum Gasteiger partial charge on any atom is 0.259 e. The number of rotatable bonds is 4. The van der Waals surface area contributed by atoms with Crippen LogP contribution in [0.1, 0.15) is 29.8 Å². The van der Waals surface area contributed by atoms with Crippen LogP contribution in [0.2, 0.25) is 10.0 Å². The van der Waals surface area contributed by atoms with E-state index in [0.29, 0.717) is 33.5 Å². The lowest BCUT2D eigenvalue weighted by Gasteiger charge is -2.18. The maximum absolute atomic E-state index is 13.1. The van der Waals surface area contributed by atoms with Crippen molar-refractivity contribution in [2.24, 2.45) is 0 Å². The van der Waals surface area contributed by atoms with Crippen LogP contribution in [-0.2, 0) is 6.42 Å². The molecule has 0 saturated carbocycles. The van der Waals surface area contributed by atoms with Gasteiger partial charge in [-0.15, -0.1) is 0 Å². The highest BCUT2D eigenvalue weighted by molar-refractivity contribution is 6.38. The van der Waals surface area contributed by atoms with E-state index in [4.69, 9.17) is 27.9 Å². The summed E-state index contributed by atoms with van der Waals surface area (Å²) in [7, 11) is 0. The largest absolute Gasteiger partial charge is 0.486 e. The van der Waals surface area contributed by atoms with Crippen molar-refractivity contribution in [3.63, 3.8) is 0 Å². The first kappa shape index (κ1) is 20.7. The summed E-state index contributed by atoms with van der Waals surface area (Å²) >= 11 is 12.5. The standard InChI is InChI=1S/C23H21Cl2N5O2/c1-23(2)9-14-18-17(28-22(29-18)30-19-15(24)10-26-11-16(19)25)8-13(20(14)32-23)21(31)27-12-6-4-3-5-7-12/h3-8,10-11,22,28-29H,9H2,1-2H3,(H,26,30)(H,27,31). The summed E-state index contributed by atoms with van der Waals surface area (Å²) in [5.41, 5.74) is 3.97. The van der Waals surface area contributed by atoms with Crippen LogP contribution in [0.5, 0.6) is 5.75 Å².